The van der Waals surface area contributed by atoms with Crippen LogP contribution in [0.15, 0.2) is 0 Å². The molecule has 1 rings (SSSR count). The minimum atomic E-state index is -2.76. The molecule has 6 nitrogen and oxygen atoms in total. The van der Waals surface area contributed by atoms with E-state index in [2.05, 4.69) is 4.74 Å². The summed E-state index contributed by atoms with van der Waals surface area (Å²) in [6, 6.07) is 0. The van der Waals surface area contributed by atoms with Crippen LogP contribution < -0.4 is 0 Å². The smallest absolute Gasteiger partial charge is 0.186 e. The van der Waals surface area contributed by atoms with Crippen LogP contribution in [0, 0.1) is 0 Å². The molecule has 1 saturated heterocycles. The zero-order valence-corrected chi connectivity index (χ0v) is 7.66. The zero-order valence-electron chi connectivity index (χ0n) is 10.7. The van der Waals surface area contributed by atoms with Gasteiger partial charge in [0.05, 0.1) is 10.7 Å². The van der Waals surface area contributed by atoms with Gasteiger partial charge in [0.15, 0.2) is 6.29 Å². The van der Waals surface area contributed by atoms with Gasteiger partial charge in [-0.05, 0) is 0 Å². The fourth-order valence-electron chi connectivity index (χ4n) is 1.39. The quantitative estimate of drug-likeness (QED) is 0.504. The molecule has 0 aliphatic carbocycles. The second kappa shape index (κ2) is 5.01. The maximum atomic E-state index is 9.71. The van der Waals surface area contributed by atoms with Crippen LogP contribution in [0.1, 0.15) is 4.11 Å². The van der Waals surface area contributed by atoms with Gasteiger partial charge in [-0.25, -0.2) is 0 Å². The van der Waals surface area contributed by atoms with Gasteiger partial charge in [0, 0.05) is 14.1 Å². The second-order valence-electron chi connectivity index (χ2n) is 3.02. The molecule has 3 N–H and O–H groups in total. The average molecular weight is 211 g/mol. The summed E-state index contributed by atoms with van der Waals surface area (Å²) < 4.78 is 35.2. The molecule has 0 amide bonds. The summed E-state index contributed by atoms with van der Waals surface area (Å²) in [5.41, 5.74) is 0. The molecule has 0 unspecified atom stereocenters. The lowest BCUT2D eigenvalue weighted by Gasteiger charge is -2.40. The molecule has 5 atom stereocenters. The van der Waals surface area contributed by atoms with Gasteiger partial charge < -0.3 is 29.5 Å². The number of hydrogen-bond acceptors (Lipinski definition) is 6. The van der Waals surface area contributed by atoms with E-state index in [-0.39, 0.29) is 0 Å². The first-order chi connectivity index (χ1) is 7.80. The van der Waals surface area contributed by atoms with Crippen LogP contribution in [0.4, 0.5) is 0 Å². The summed E-state index contributed by atoms with van der Waals surface area (Å²) in [6.45, 7) is -0.565. The summed E-state index contributed by atoms with van der Waals surface area (Å²) in [5, 5.41) is 28.3. The Hall–Kier alpha value is -0.240. The van der Waals surface area contributed by atoms with Gasteiger partial charge in [0.25, 0.3) is 0 Å². The van der Waals surface area contributed by atoms with E-state index in [0.29, 0.717) is 0 Å². The van der Waals surface area contributed by atoms with E-state index in [1.165, 1.54) is 7.11 Å². The van der Waals surface area contributed by atoms with Crippen molar-refractivity contribution in [2.24, 2.45) is 0 Å². The molecule has 84 valence electrons. The van der Waals surface area contributed by atoms with Gasteiger partial charge in [0.2, 0.25) is 0 Å². The predicted octanol–water partition coefficient (Wildman–Crippen LogP) is -1.91. The van der Waals surface area contributed by atoms with Crippen molar-refractivity contribution < 1.29 is 33.6 Å². The lowest BCUT2D eigenvalue weighted by molar-refractivity contribution is -0.298. The molecular weight excluding hydrogens is 192 g/mol. The molecule has 1 fully saturated rings. The van der Waals surface area contributed by atoms with E-state index in [0.717, 1.165) is 0 Å². The van der Waals surface area contributed by atoms with Crippen molar-refractivity contribution in [2.45, 2.75) is 30.7 Å². The molecule has 0 aromatic rings. The van der Waals surface area contributed by atoms with Crippen LogP contribution in [-0.2, 0) is 14.2 Å². The van der Waals surface area contributed by atoms with Crippen LogP contribution >= 0.6 is 0 Å². The first-order valence-electron chi connectivity index (χ1n) is 5.63. The number of ether oxygens (including phenoxy) is 3. The molecule has 0 aromatic heterocycles. The normalized spacial score (nSPS) is 48.0. The Bertz CT molecular complexity index is 246. The van der Waals surface area contributed by atoms with Crippen molar-refractivity contribution in [3.63, 3.8) is 0 Å². The Labute approximate surface area is 86.2 Å². The Morgan fingerprint density at radius 3 is 2.57 bits per heavy atom. The van der Waals surface area contributed by atoms with Crippen LogP contribution in [-0.4, -0.2) is 66.8 Å². The molecule has 14 heavy (non-hydrogen) atoms. The van der Waals surface area contributed by atoms with Crippen LogP contribution in [0.25, 0.3) is 0 Å². The molecule has 6 heteroatoms. The molecule has 1 heterocycles. The fraction of sp³-hybridized carbons (Fsp3) is 1.00. The highest BCUT2D eigenvalue weighted by atomic mass is 16.7. The van der Waals surface area contributed by atoms with Crippen molar-refractivity contribution >= 4 is 0 Å². The van der Waals surface area contributed by atoms with Gasteiger partial charge in [-0.2, -0.15) is 0 Å². The van der Waals surface area contributed by atoms with Gasteiger partial charge >= 0.3 is 0 Å². The minimum absolute atomic E-state index is 0.565. The maximum Gasteiger partial charge on any atom is 0.186 e. The average Bonchev–Trinajstić information content (AvgIpc) is 2.24. The third kappa shape index (κ3) is 2.05. The van der Waals surface area contributed by atoms with Gasteiger partial charge in [-0.1, -0.05) is 0 Å². The SMILES string of the molecule is [2H]C([2H])([2H])O[C@H]1[C@H](O)[C@@H](O)[C@H](OC)O[C@@H]1CO. The number of aliphatic hydroxyl groups excluding tert-OH is 3. The van der Waals surface area contributed by atoms with Crippen LogP contribution in [0.5, 0.6) is 0 Å². The highest BCUT2D eigenvalue weighted by Crippen LogP contribution is 2.23. The van der Waals surface area contributed by atoms with Crippen LogP contribution in [0.3, 0.4) is 0 Å². The van der Waals surface area contributed by atoms with Gasteiger partial charge in [-0.15, -0.1) is 0 Å². The predicted molar refractivity (Wildman–Crippen MR) is 45.6 cm³/mol. The van der Waals surface area contributed by atoms with E-state index in [9.17, 15) is 10.2 Å². The molecule has 0 saturated carbocycles. The third-order valence-electron chi connectivity index (χ3n) is 2.19. The highest BCUT2D eigenvalue weighted by Gasteiger charge is 2.44. The monoisotopic (exact) mass is 211 g/mol. The standard InChI is InChI=1S/C8H16O6/c1-12-7-4(3-9)14-8(13-2)6(11)5(7)10/h4-11H,3H2,1-2H3/t4-,5-,6-,7-,8-/m1/s1/i1D3. The summed E-state index contributed by atoms with van der Waals surface area (Å²) >= 11 is 0. The largest absolute Gasteiger partial charge is 0.394 e. The zero-order chi connectivity index (χ0) is 13.2. The lowest BCUT2D eigenvalue weighted by Crippen LogP contribution is -2.59. The van der Waals surface area contributed by atoms with Crippen molar-refractivity contribution in [3.05, 3.63) is 0 Å². The van der Waals surface area contributed by atoms with Gasteiger partial charge in [-0.3, -0.25) is 0 Å². The minimum Gasteiger partial charge on any atom is -0.394 e. The lowest BCUT2D eigenvalue weighted by atomic mass is 9.99. The number of rotatable bonds is 3. The fourth-order valence-corrected chi connectivity index (χ4v) is 1.39. The van der Waals surface area contributed by atoms with Crippen molar-refractivity contribution in [1.29, 1.82) is 0 Å². The maximum absolute atomic E-state index is 9.71. The topological polar surface area (TPSA) is 88.4 Å². The summed E-state index contributed by atoms with van der Waals surface area (Å²) in [5.74, 6) is 0. The Morgan fingerprint density at radius 1 is 1.36 bits per heavy atom. The summed E-state index contributed by atoms with van der Waals surface area (Å²) in [4.78, 5) is 0. The van der Waals surface area contributed by atoms with Crippen molar-refractivity contribution in [2.75, 3.05) is 20.8 Å². The van der Waals surface area contributed by atoms with E-state index >= 15 is 0 Å². The van der Waals surface area contributed by atoms with Gasteiger partial charge in [0.1, 0.15) is 24.4 Å². The number of aliphatic hydroxyl groups is 3. The summed E-state index contributed by atoms with van der Waals surface area (Å²) in [6.07, 6.45) is -6.55. The van der Waals surface area contributed by atoms with E-state index in [1.807, 2.05) is 0 Å². The molecule has 0 spiro atoms. The molecule has 1 aliphatic rings. The first kappa shape index (κ1) is 7.98. The van der Waals surface area contributed by atoms with Crippen molar-refractivity contribution in [3.8, 4) is 0 Å². The Kier molecular flexibility index (Phi) is 2.86. The highest BCUT2D eigenvalue weighted by molar-refractivity contribution is 4.89. The second-order valence-corrected chi connectivity index (χ2v) is 3.02. The number of methoxy groups -OCH3 is 2. The van der Waals surface area contributed by atoms with Crippen LogP contribution in [0.2, 0.25) is 0 Å². The number of hydrogen-bond donors (Lipinski definition) is 3. The summed E-state index contributed by atoms with van der Waals surface area (Å²) in [7, 11) is -1.51. The third-order valence-corrected chi connectivity index (χ3v) is 2.19. The van der Waals surface area contributed by atoms with E-state index in [1.54, 1.807) is 0 Å². The molecule has 0 bridgehead atoms. The molecule has 1 aliphatic heterocycles. The van der Waals surface area contributed by atoms with E-state index in [4.69, 9.17) is 18.7 Å². The first-order valence-corrected chi connectivity index (χ1v) is 4.13. The molecule has 0 radical (unpaired) electrons. The van der Waals surface area contributed by atoms with E-state index < -0.39 is 44.4 Å². The van der Waals surface area contributed by atoms with Crippen molar-refractivity contribution in [1.82, 2.24) is 0 Å². The molecule has 0 aromatic carbocycles. The Morgan fingerprint density at radius 2 is 2.07 bits per heavy atom. The Balaban J connectivity index is 2.79. The molecular formula is C8H16O6.